The van der Waals surface area contributed by atoms with Gasteiger partial charge in [-0.05, 0) is 28.1 Å². The van der Waals surface area contributed by atoms with Crippen molar-refractivity contribution in [1.82, 2.24) is 5.43 Å². The molecule has 0 unspecified atom stereocenters. The van der Waals surface area contributed by atoms with Gasteiger partial charge in [-0.15, -0.1) is 0 Å². The van der Waals surface area contributed by atoms with Crippen LogP contribution in [0.25, 0.3) is 0 Å². The molecule has 1 aromatic rings. The number of ether oxygens (including phenoxy) is 2. The Balaban J connectivity index is 2.92. The van der Waals surface area contributed by atoms with E-state index in [4.69, 9.17) is 15.2 Å². The second kappa shape index (κ2) is 6.74. The molecule has 0 spiro atoms. The van der Waals surface area contributed by atoms with E-state index in [-0.39, 0.29) is 0 Å². The number of nitrogens with one attached hydrogen (secondary N) is 1. The molecule has 19 heavy (non-hydrogen) atoms. The maximum Gasteiger partial charge on any atom is 0.329 e. The van der Waals surface area contributed by atoms with Crippen molar-refractivity contribution in [2.24, 2.45) is 10.8 Å². The normalized spacial score (nSPS) is 10.3. The first-order valence-corrected chi connectivity index (χ1v) is 5.83. The van der Waals surface area contributed by atoms with Crippen LogP contribution in [0.4, 0.5) is 0 Å². The predicted molar refractivity (Wildman–Crippen MR) is 72.2 cm³/mol. The van der Waals surface area contributed by atoms with Crippen LogP contribution in [0.1, 0.15) is 5.56 Å². The maximum absolute atomic E-state index is 10.9. The van der Waals surface area contributed by atoms with Crippen LogP contribution in [0, 0.1) is 0 Å². The summed E-state index contributed by atoms with van der Waals surface area (Å²) in [7, 11) is 3.02. The fourth-order valence-electron chi connectivity index (χ4n) is 1.18. The number of rotatable bonds is 4. The Morgan fingerprint density at radius 3 is 2.42 bits per heavy atom. The molecule has 102 valence electrons. The summed E-state index contributed by atoms with van der Waals surface area (Å²) in [5.41, 5.74) is 7.37. The minimum atomic E-state index is -1.11. The van der Waals surface area contributed by atoms with E-state index in [1.54, 1.807) is 12.1 Å². The van der Waals surface area contributed by atoms with E-state index in [0.717, 1.165) is 0 Å². The van der Waals surface area contributed by atoms with Crippen LogP contribution < -0.4 is 20.6 Å². The van der Waals surface area contributed by atoms with Crippen molar-refractivity contribution in [3.8, 4) is 11.5 Å². The molecule has 0 aliphatic carbocycles. The van der Waals surface area contributed by atoms with Gasteiger partial charge in [0.1, 0.15) is 0 Å². The van der Waals surface area contributed by atoms with Crippen molar-refractivity contribution in [2.45, 2.75) is 0 Å². The van der Waals surface area contributed by atoms with Crippen LogP contribution in [-0.4, -0.2) is 32.2 Å². The average Bonchev–Trinajstić information content (AvgIpc) is 2.39. The van der Waals surface area contributed by atoms with E-state index in [1.165, 1.54) is 20.4 Å². The first kappa shape index (κ1) is 15.0. The van der Waals surface area contributed by atoms with E-state index >= 15 is 0 Å². The highest BCUT2D eigenvalue weighted by Crippen LogP contribution is 2.32. The summed E-state index contributed by atoms with van der Waals surface area (Å²) >= 11 is 3.32. The molecular weight excluding hydrogens is 318 g/mol. The number of primary amides is 1. The van der Waals surface area contributed by atoms with Crippen molar-refractivity contribution in [3.63, 3.8) is 0 Å². The van der Waals surface area contributed by atoms with E-state index in [2.05, 4.69) is 21.0 Å². The molecule has 1 rings (SSSR count). The number of nitrogens with two attached hydrogens (primary N) is 1. The number of halogens is 1. The number of carbonyl (C=O) groups is 2. The van der Waals surface area contributed by atoms with Gasteiger partial charge in [-0.1, -0.05) is 0 Å². The lowest BCUT2D eigenvalue weighted by Crippen LogP contribution is -2.32. The second-order valence-corrected chi connectivity index (χ2v) is 4.15. The zero-order chi connectivity index (χ0) is 14.4. The van der Waals surface area contributed by atoms with Gasteiger partial charge in [-0.25, -0.2) is 5.43 Å². The first-order valence-electron chi connectivity index (χ1n) is 5.04. The summed E-state index contributed by atoms with van der Waals surface area (Å²) in [5.74, 6) is -1.04. The van der Waals surface area contributed by atoms with Gasteiger partial charge in [0, 0.05) is 10.0 Å². The van der Waals surface area contributed by atoms with Gasteiger partial charge < -0.3 is 15.2 Å². The lowest BCUT2D eigenvalue weighted by atomic mass is 10.2. The zero-order valence-electron chi connectivity index (χ0n) is 10.3. The van der Waals surface area contributed by atoms with E-state index < -0.39 is 11.8 Å². The van der Waals surface area contributed by atoms with Crippen molar-refractivity contribution in [2.75, 3.05) is 14.2 Å². The lowest BCUT2D eigenvalue weighted by Gasteiger charge is -2.09. The van der Waals surface area contributed by atoms with Crippen LogP contribution in [0.3, 0.4) is 0 Å². The molecule has 8 heteroatoms. The fourth-order valence-corrected chi connectivity index (χ4v) is 1.61. The summed E-state index contributed by atoms with van der Waals surface area (Å²) < 4.78 is 10.9. The van der Waals surface area contributed by atoms with Crippen molar-refractivity contribution < 1.29 is 19.1 Å². The van der Waals surface area contributed by atoms with Crippen molar-refractivity contribution >= 4 is 34.0 Å². The number of nitrogens with zero attached hydrogens (tertiary/aromatic N) is 1. The summed E-state index contributed by atoms with van der Waals surface area (Å²) in [6, 6.07) is 3.35. The minimum Gasteiger partial charge on any atom is -0.493 e. The van der Waals surface area contributed by atoms with Gasteiger partial charge in [0.05, 0.1) is 20.4 Å². The molecule has 0 saturated carbocycles. The second-order valence-electron chi connectivity index (χ2n) is 3.29. The molecule has 3 N–H and O–H groups in total. The van der Waals surface area contributed by atoms with Crippen LogP contribution >= 0.6 is 15.9 Å². The predicted octanol–water partition coefficient (Wildman–Crippen LogP) is 0.402. The van der Waals surface area contributed by atoms with Crippen molar-refractivity contribution in [1.29, 1.82) is 0 Å². The minimum absolute atomic E-state index is 0.508. The summed E-state index contributed by atoms with van der Waals surface area (Å²) in [4.78, 5) is 21.4. The van der Waals surface area contributed by atoms with Crippen LogP contribution in [0.5, 0.6) is 11.5 Å². The molecule has 0 aliphatic rings. The van der Waals surface area contributed by atoms with E-state index in [9.17, 15) is 9.59 Å². The Morgan fingerprint density at radius 2 is 1.89 bits per heavy atom. The molecule has 2 amide bonds. The van der Waals surface area contributed by atoms with Crippen LogP contribution in [-0.2, 0) is 9.59 Å². The third-order valence-electron chi connectivity index (χ3n) is 2.10. The molecule has 0 fully saturated rings. The molecule has 0 aliphatic heterocycles. The quantitative estimate of drug-likeness (QED) is 0.474. The number of amides is 2. The highest BCUT2D eigenvalue weighted by molar-refractivity contribution is 9.10. The smallest absolute Gasteiger partial charge is 0.329 e. The highest BCUT2D eigenvalue weighted by Gasteiger charge is 2.09. The van der Waals surface area contributed by atoms with Gasteiger partial charge in [0.2, 0.25) is 0 Å². The molecular formula is C11H12BrN3O4. The molecule has 0 saturated heterocycles. The van der Waals surface area contributed by atoms with Crippen LogP contribution in [0.2, 0.25) is 0 Å². The maximum atomic E-state index is 10.9. The van der Waals surface area contributed by atoms with Gasteiger partial charge in [0.25, 0.3) is 0 Å². The summed E-state index contributed by atoms with van der Waals surface area (Å²) in [6.45, 7) is 0. The standard InChI is InChI=1S/C11H12BrN3O4/c1-18-8-3-6(7(12)4-9(8)19-2)5-14-15-11(17)10(13)16/h3-5H,1-2H3,(H2,13,16)(H,15,17)/b14-5-. The summed E-state index contributed by atoms with van der Waals surface area (Å²) in [6.07, 6.45) is 1.34. The lowest BCUT2D eigenvalue weighted by molar-refractivity contribution is -0.137. The number of hydrogen-bond donors (Lipinski definition) is 2. The number of hydrogen-bond acceptors (Lipinski definition) is 5. The first-order chi connectivity index (χ1) is 8.99. The topological polar surface area (TPSA) is 103 Å². The number of methoxy groups -OCH3 is 2. The van der Waals surface area contributed by atoms with E-state index in [0.29, 0.717) is 21.5 Å². The van der Waals surface area contributed by atoms with E-state index in [1.807, 2.05) is 5.43 Å². The van der Waals surface area contributed by atoms with Gasteiger partial charge in [-0.2, -0.15) is 5.10 Å². The molecule has 1 aromatic carbocycles. The number of carbonyl (C=O) groups excluding carboxylic acids is 2. The molecule has 0 radical (unpaired) electrons. The Bertz CT molecular complexity index is 531. The fraction of sp³-hybridized carbons (Fsp3) is 0.182. The largest absolute Gasteiger partial charge is 0.493 e. The Labute approximate surface area is 117 Å². The number of hydrazone groups is 1. The monoisotopic (exact) mass is 329 g/mol. The Kier molecular flexibility index (Phi) is 5.31. The Morgan fingerprint density at radius 1 is 1.32 bits per heavy atom. The zero-order valence-corrected chi connectivity index (χ0v) is 11.9. The van der Waals surface area contributed by atoms with Gasteiger partial charge in [-0.3, -0.25) is 9.59 Å². The van der Waals surface area contributed by atoms with Crippen LogP contribution in [0.15, 0.2) is 21.7 Å². The molecule has 0 heterocycles. The molecule has 7 nitrogen and oxygen atoms in total. The number of benzene rings is 1. The molecule has 0 aromatic heterocycles. The summed E-state index contributed by atoms with van der Waals surface area (Å²) in [5, 5.41) is 3.60. The highest BCUT2D eigenvalue weighted by atomic mass is 79.9. The third kappa shape index (κ3) is 3.95. The average molecular weight is 330 g/mol. The third-order valence-corrected chi connectivity index (χ3v) is 2.78. The Hall–Kier alpha value is -2.09. The molecule has 0 bridgehead atoms. The van der Waals surface area contributed by atoms with Gasteiger partial charge in [0.15, 0.2) is 11.5 Å². The molecule has 0 atom stereocenters. The van der Waals surface area contributed by atoms with Crippen molar-refractivity contribution in [3.05, 3.63) is 22.2 Å². The SMILES string of the molecule is COc1cc(Br)c(/C=N\NC(=O)C(N)=O)cc1OC. The van der Waals surface area contributed by atoms with Gasteiger partial charge >= 0.3 is 11.8 Å².